The Morgan fingerprint density at radius 2 is 1.75 bits per heavy atom. The summed E-state index contributed by atoms with van der Waals surface area (Å²) in [6.07, 6.45) is 2.84. The van der Waals surface area contributed by atoms with E-state index in [0.29, 0.717) is 0 Å². The lowest BCUT2D eigenvalue weighted by molar-refractivity contribution is 0.316. The Labute approximate surface area is 121 Å². The van der Waals surface area contributed by atoms with Crippen molar-refractivity contribution in [3.63, 3.8) is 0 Å². The van der Waals surface area contributed by atoms with Gasteiger partial charge in [-0.25, -0.2) is 0 Å². The van der Waals surface area contributed by atoms with E-state index in [1.807, 2.05) is 20.0 Å². The summed E-state index contributed by atoms with van der Waals surface area (Å²) >= 11 is 0. The minimum Gasteiger partial charge on any atom is -0.469 e. The summed E-state index contributed by atoms with van der Waals surface area (Å²) in [6.45, 7) is 4.92. The second kappa shape index (κ2) is 7.27. The molecule has 0 saturated carbocycles. The van der Waals surface area contributed by atoms with Crippen molar-refractivity contribution in [1.82, 2.24) is 10.2 Å². The summed E-state index contributed by atoms with van der Waals surface area (Å²) in [5, 5.41) is 3.18. The van der Waals surface area contributed by atoms with Crippen molar-refractivity contribution < 1.29 is 4.42 Å². The quantitative estimate of drug-likeness (QED) is 0.840. The number of likely N-dealkylation sites (N-methyl/N-ethyl adjacent to an activating group) is 1. The van der Waals surface area contributed by atoms with E-state index in [1.165, 1.54) is 16.7 Å². The molecule has 0 fully saturated rings. The second-order valence-electron chi connectivity index (χ2n) is 5.34. The normalized spacial score (nSPS) is 11.2. The number of benzene rings is 1. The van der Waals surface area contributed by atoms with Gasteiger partial charge in [0.2, 0.25) is 0 Å². The summed E-state index contributed by atoms with van der Waals surface area (Å²) < 4.78 is 5.34. The van der Waals surface area contributed by atoms with Gasteiger partial charge in [-0.1, -0.05) is 24.3 Å². The van der Waals surface area contributed by atoms with Gasteiger partial charge >= 0.3 is 0 Å². The van der Waals surface area contributed by atoms with E-state index < -0.39 is 0 Å². The molecule has 0 bridgehead atoms. The van der Waals surface area contributed by atoms with Gasteiger partial charge in [0.05, 0.1) is 6.26 Å². The van der Waals surface area contributed by atoms with Gasteiger partial charge in [-0.15, -0.1) is 0 Å². The zero-order valence-electron chi connectivity index (χ0n) is 12.6. The Hall–Kier alpha value is -1.58. The summed E-state index contributed by atoms with van der Waals surface area (Å²) in [6, 6.07) is 11.0. The molecule has 2 rings (SSSR count). The van der Waals surface area contributed by atoms with E-state index >= 15 is 0 Å². The number of aryl methyl sites for hydroxylation is 1. The van der Waals surface area contributed by atoms with Crippen molar-refractivity contribution >= 4 is 0 Å². The van der Waals surface area contributed by atoms with Crippen LogP contribution in [0.3, 0.4) is 0 Å². The van der Waals surface area contributed by atoms with Crippen LogP contribution < -0.4 is 5.32 Å². The molecule has 20 heavy (non-hydrogen) atoms. The van der Waals surface area contributed by atoms with Crippen LogP contribution in [0.15, 0.2) is 41.0 Å². The van der Waals surface area contributed by atoms with Crippen LogP contribution in [0.25, 0.3) is 0 Å². The highest BCUT2D eigenvalue weighted by atomic mass is 16.3. The molecule has 0 unspecified atom stereocenters. The maximum Gasteiger partial charge on any atom is 0.105 e. The van der Waals surface area contributed by atoms with Crippen molar-refractivity contribution in [1.29, 1.82) is 0 Å². The minimum absolute atomic E-state index is 0.920. The standard InChI is InChI=1S/C17H24N2O/c1-14-17(9-11-20-14)13-19(3)12-16-6-4-15(5-7-16)8-10-18-2/h4-7,9,11,18H,8,10,12-13H2,1-3H3. The first kappa shape index (κ1) is 14.8. The van der Waals surface area contributed by atoms with Gasteiger partial charge in [0.25, 0.3) is 0 Å². The molecular formula is C17H24N2O. The Balaban J connectivity index is 1.87. The fraction of sp³-hybridized carbons (Fsp3) is 0.412. The summed E-state index contributed by atoms with van der Waals surface area (Å²) in [5.74, 6) is 1.01. The van der Waals surface area contributed by atoms with Gasteiger partial charge in [-0.05, 0) is 51.2 Å². The fourth-order valence-corrected chi connectivity index (χ4v) is 2.31. The van der Waals surface area contributed by atoms with Gasteiger partial charge in [0.1, 0.15) is 5.76 Å². The van der Waals surface area contributed by atoms with Crippen molar-refractivity contribution in [3.05, 3.63) is 59.0 Å². The lowest BCUT2D eigenvalue weighted by atomic mass is 10.1. The van der Waals surface area contributed by atoms with E-state index in [-0.39, 0.29) is 0 Å². The monoisotopic (exact) mass is 272 g/mol. The molecule has 0 saturated heterocycles. The molecule has 108 valence electrons. The van der Waals surface area contributed by atoms with Gasteiger partial charge < -0.3 is 9.73 Å². The van der Waals surface area contributed by atoms with Crippen LogP contribution in [-0.4, -0.2) is 25.5 Å². The maximum absolute atomic E-state index is 5.34. The SMILES string of the molecule is CNCCc1ccc(CN(C)Cc2ccoc2C)cc1. The molecule has 0 aliphatic rings. The first-order valence-corrected chi connectivity index (χ1v) is 7.13. The molecule has 0 atom stereocenters. The fourth-order valence-electron chi connectivity index (χ4n) is 2.31. The summed E-state index contributed by atoms with van der Waals surface area (Å²) in [4.78, 5) is 2.31. The number of hydrogen-bond donors (Lipinski definition) is 1. The molecular weight excluding hydrogens is 248 g/mol. The lowest BCUT2D eigenvalue weighted by Gasteiger charge is -2.16. The predicted molar refractivity (Wildman–Crippen MR) is 82.7 cm³/mol. The van der Waals surface area contributed by atoms with Crippen LogP contribution in [0.5, 0.6) is 0 Å². The number of hydrogen-bond acceptors (Lipinski definition) is 3. The van der Waals surface area contributed by atoms with Gasteiger partial charge in [0, 0.05) is 18.7 Å². The number of rotatable bonds is 7. The molecule has 0 spiro atoms. The third-order valence-corrected chi connectivity index (χ3v) is 3.55. The molecule has 1 aromatic carbocycles. The molecule has 1 N–H and O–H groups in total. The summed E-state index contributed by atoms with van der Waals surface area (Å²) in [7, 11) is 4.13. The average molecular weight is 272 g/mol. The van der Waals surface area contributed by atoms with E-state index in [2.05, 4.69) is 41.5 Å². The van der Waals surface area contributed by atoms with Crippen molar-refractivity contribution in [2.75, 3.05) is 20.6 Å². The lowest BCUT2D eigenvalue weighted by Crippen LogP contribution is -2.17. The first-order valence-electron chi connectivity index (χ1n) is 7.13. The number of furan rings is 1. The predicted octanol–water partition coefficient (Wildman–Crippen LogP) is 2.98. The van der Waals surface area contributed by atoms with E-state index in [9.17, 15) is 0 Å². The van der Waals surface area contributed by atoms with E-state index in [1.54, 1.807) is 6.26 Å². The van der Waals surface area contributed by atoms with Crippen LogP contribution >= 0.6 is 0 Å². The van der Waals surface area contributed by atoms with Crippen LogP contribution in [0, 0.1) is 6.92 Å². The van der Waals surface area contributed by atoms with E-state index in [0.717, 1.165) is 31.8 Å². The topological polar surface area (TPSA) is 28.4 Å². The highest BCUT2D eigenvalue weighted by Gasteiger charge is 2.06. The molecule has 0 aliphatic heterocycles. The van der Waals surface area contributed by atoms with Gasteiger partial charge in [-0.3, -0.25) is 4.90 Å². The van der Waals surface area contributed by atoms with Crippen molar-refractivity contribution in [2.24, 2.45) is 0 Å². The minimum atomic E-state index is 0.920. The highest BCUT2D eigenvalue weighted by Crippen LogP contribution is 2.13. The molecule has 0 radical (unpaired) electrons. The number of nitrogens with zero attached hydrogens (tertiary/aromatic N) is 1. The third kappa shape index (κ3) is 4.22. The largest absolute Gasteiger partial charge is 0.469 e. The molecule has 3 nitrogen and oxygen atoms in total. The Kier molecular flexibility index (Phi) is 5.39. The molecule has 0 aliphatic carbocycles. The highest BCUT2D eigenvalue weighted by molar-refractivity contribution is 5.23. The molecule has 3 heteroatoms. The zero-order valence-corrected chi connectivity index (χ0v) is 12.6. The van der Waals surface area contributed by atoms with Crippen LogP contribution in [0.1, 0.15) is 22.5 Å². The van der Waals surface area contributed by atoms with Gasteiger partial charge in [0.15, 0.2) is 0 Å². The molecule has 1 heterocycles. The second-order valence-corrected chi connectivity index (χ2v) is 5.34. The zero-order chi connectivity index (χ0) is 14.4. The Morgan fingerprint density at radius 1 is 1.05 bits per heavy atom. The summed E-state index contributed by atoms with van der Waals surface area (Å²) in [5.41, 5.74) is 4.00. The molecule has 0 amide bonds. The number of nitrogens with one attached hydrogen (secondary N) is 1. The molecule has 2 aromatic rings. The van der Waals surface area contributed by atoms with Crippen molar-refractivity contribution in [2.45, 2.75) is 26.4 Å². The third-order valence-electron chi connectivity index (χ3n) is 3.55. The van der Waals surface area contributed by atoms with Crippen LogP contribution in [0.2, 0.25) is 0 Å². The van der Waals surface area contributed by atoms with Crippen molar-refractivity contribution in [3.8, 4) is 0 Å². The molecule has 1 aromatic heterocycles. The average Bonchev–Trinajstić information content (AvgIpc) is 2.83. The first-order chi connectivity index (χ1) is 9.69. The van der Waals surface area contributed by atoms with E-state index in [4.69, 9.17) is 4.42 Å². The van der Waals surface area contributed by atoms with Crippen LogP contribution in [0.4, 0.5) is 0 Å². The Bertz CT molecular complexity index is 516. The smallest absolute Gasteiger partial charge is 0.105 e. The maximum atomic E-state index is 5.34. The van der Waals surface area contributed by atoms with Crippen LogP contribution in [-0.2, 0) is 19.5 Å². The Morgan fingerprint density at radius 3 is 2.35 bits per heavy atom. The van der Waals surface area contributed by atoms with Gasteiger partial charge in [-0.2, -0.15) is 0 Å².